The maximum atomic E-state index is 11.4. The van der Waals surface area contributed by atoms with Gasteiger partial charge < -0.3 is 9.47 Å². The van der Waals surface area contributed by atoms with E-state index in [0.29, 0.717) is 15.9 Å². The fourth-order valence-electron chi connectivity index (χ4n) is 2.84. The molecule has 0 atom stereocenters. The molecule has 0 unspecified atom stereocenters. The first-order chi connectivity index (χ1) is 15.3. The zero-order chi connectivity index (χ0) is 23.3. The Hall–Kier alpha value is -3.54. The quantitative estimate of drug-likeness (QED) is 0.140. The summed E-state index contributed by atoms with van der Waals surface area (Å²) in [7, 11) is 0. The number of nitrogens with zero attached hydrogens (tertiary/aromatic N) is 3. The summed E-state index contributed by atoms with van der Waals surface area (Å²) in [5, 5.41) is 22.4. The Balaban J connectivity index is 2.00. The summed E-state index contributed by atoms with van der Waals surface area (Å²) in [4.78, 5) is 25.5. The maximum Gasteiger partial charge on any atom is 0.318 e. The van der Waals surface area contributed by atoms with Gasteiger partial charge in [-0.05, 0) is 71.8 Å². The largest absolute Gasteiger partial charge is 0.490 e. The number of hydrogen-bond acceptors (Lipinski definition) is 7. The summed E-state index contributed by atoms with van der Waals surface area (Å²) in [5.74, 6) is 0.525. The second-order valence-electron chi connectivity index (χ2n) is 6.58. The third-order valence-electron chi connectivity index (χ3n) is 4.36. The van der Waals surface area contributed by atoms with Gasteiger partial charge in [0, 0.05) is 12.3 Å². The second kappa shape index (κ2) is 10.2. The smallest absolute Gasteiger partial charge is 0.318 e. The first-order valence-corrected chi connectivity index (χ1v) is 10.5. The van der Waals surface area contributed by atoms with E-state index in [1.807, 2.05) is 53.8 Å². The summed E-state index contributed by atoms with van der Waals surface area (Å²) in [6.07, 6.45) is 1.70. The number of nitro groups is 2. The van der Waals surface area contributed by atoms with Gasteiger partial charge in [0.15, 0.2) is 11.5 Å². The molecule has 10 heteroatoms. The second-order valence-corrected chi connectivity index (χ2v) is 7.74. The van der Waals surface area contributed by atoms with Crippen LogP contribution in [0.25, 0.3) is 0 Å². The molecule has 0 saturated carbocycles. The molecule has 3 aromatic rings. The summed E-state index contributed by atoms with van der Waals surface area (Å²) in [5.41, 5.74) is 1.72. The lowest BCUT2D eigenvalue weighted by atomic mass is 10.2. The highest BCUT2D eigenvalue weighted by Crippen LogP contribution is 2.41. The van der Waals surface area contributed by atoms with Crippen molar-refractivity contribution in [3.05, 3.63) is 89.5 Å². The molecule has 0 radical (unpaired) electrons. The lowest BCUT2D eigenvalue weighted by Crippen LogP contribution is -2.01. The molecule has 164 valence electrons. The molecule has 0 bridgehead atoms. The number of ether oxygens (including phenoxy) is 2. The van der Waals surface area contributed by atoms with Gasteiger partial charge in [0.1, 0.15) is 0 Å². The van der Waals surface area contributed by atoms with Crippen molar-refractivity contribution in [1.29, 1.82) is 0 Å². The molecule has 0 saturated heterocycles. The van der Waals surface area contributed by atoms with E-state index in [1.54, 1.807) is 25.3 Å². The molecular weight excluding hydrogens is 529 g/mol. The summed E-state index contributed by atoms with van der Waals surface area (Å²) >= 11 is 2.04. The minimum Gasteiger partial charge on any atom is -0.490 e. The molecule has 0 N–H and O–H groups in total. The van der Waals surface area contributed by atoms with Gasteiger partial charge in [0.2, 0.25) is 5.75 Å². The third kappa shape index (κ3) is 5.38. The fraction of sp³-hybridized carbons (Fsp3) is 0.136. The number of benzene rings is 3. The van der Waals surface area contributed by atoms with Crippen molar-refractivity contribution in [3.8, 4) is 17.2 Å². The average molecular weight is 547 g/mol. The van der Waals surface area contributed by atoms with Gasteiger partial charge >= 0.3 is 5.69 Å². The van der Waals surface area contributed by atoms with Crippen LogP contribution in [0, 0.1) is 30.7 Å². The standard InChI is InChI=1S/C22H18IN3O6/c1-3-31-21-11-15(13-24-18-7-5-4-6-14(18)2)10-17(23)22(21)32-20-9-8-16(25(27)28)12-19(20)26(29)30/h4-13H,3H2,1-2H3. The number of hydrogen-bond donors (Lipinski definition) is 0. The van der Waals surface area contributed by atoms with E-state index in [0.717, 1.165) is 28.9 Å². The van der Waals surface area contributed by atoms with Crippen LogP contribution in [0.3, 0.4) is 0 Å². The van der Waals surface area contributed by atoms with Crippen LogP contribution in [0.2, 0.25) is 0 Å². The first kappa shape index (κ1) is 23.1. The van der Waals surface area contributed by atoms with E-state index < -0.39 is 21.2 Å². The Morgan fingerprint density at radius 1 is 1.03 bits per heavy atom. The number of aliphatic imine (C=N–C) groups is 1. The zero-order valence-corrected chi connectivity index (χ0v) is 19.3. The molecule has 0 spiro atoms. The van der Waals surface area contributed by atoms with Crippen LogP contribution in [-0.2, 0) is 0 Å². The predicted octanol–water partition coefficient (Wildman–Crippen LogP) is 6.36. The molecule has 0 heterocycles. The molecule has 0 aliphatic heterocycles. The van der Waals surface area contributed by atoms with E-state index in [1.165, 1.54) is 6.07 Å². The summed E-state index contributed by atoms with van der Waals surface area (Å²) in [6.45, 7) is 4.11. The van der Waals surface area contributed by atoms with Crippen LogP contribution in [0.15, 0.2) is 59.6 Å². The zero-order valence-electron chi connectivity index (χ0n) is 17.1. The molecule has 3 rings (SSSR count). The van der Waals surface area contributed by atoms with Crippen molar-refractivity contribution in [1.82, 2.24) is 0 Å². The van der Waals surface area contributed by atoms with Crippen LogP contribution >= 0.6 is 22.6 Å². The number of aryl methyl sites for hydroxylation is 1. The van der Waals surface area contributed by atoms with Crippen molar-refractivity contribution >= 4 is 45.9 Å². The molecule has 3 aromatic carbocycles. The van der Waals surface area contributed by atoms with Gasteiger partial charge in [-0.1, -0.05) is 18.2 Å². The normalized spacial score (nSPS) is 10.8. The number of rotatable bonds is 8. The van der Waals surface area contributed by atoms with Gasteiger partial charge in [-0.3, -0.25) is 25.2 Å². The van der Waals surface area contributed by atoms with Crippen LogP contribution < -0.4 is 9.47 Å². The lowest BCUT2D eigenvalue weighted by molar-refractivity contribution is -0.394. The summed E-state index contributed by atoms with van der Waals surface area (Å²) < 4.78 is 12.1. The number of para-hydroxylation sites is 1. The van der Waals surface area contributed by atoms with Gasteiger partial charge in [-0.2, -0.15) is 0 Å². The average Bonchev–Trinajstić information content (AvgIpc) is 2.75. The Morgan fingerprint density at radius 3 is 2.44 bits per heavy atom. The molecule has 32 heavy (non-hydrogen) atoms. The van der Waals surface area contributed by atoms with Crippen LogP contribution in [0.5, 0.6) is 17.2 Å². The van der Waals surface area contributed by atoms with Crippen molar-refractivity contribution in [2.45, 2.75) is 13.8 Å². The minimum atomic E-state index is -0.723. The van der Waals surface area contributed by atoms with Crippen LogP contribution in [0.4, 0.5) is 17.1 Å². The van der Waals surface area contributed by atoms with Crippen molar-refractivity contribution in [2.24, 2.45) is 4.99 Å². The molecule has 9 nitrogen and oxygen atoms in total. The Bertz CT molecular complexity index is 1210. The molecule has 0 amide bonds. The SMILES string of the molecule is CCOc1cc(C=Nc2ccccc2C)cc(I)c1Oc1ccc([N+](=O)[O-])cc1[N+](=O)[O-]. The van der Waals surface area contributed by atoms with Gasteiger partial charge in [-0.25, -0.2) is 0 Å². The third-order valence-corrected chi connectivity index (χ3v) is 5.16. The number of halogens is 1. The maximum absolute atomic E-state index is 11.4. The topological polar surface area (TPSA) is 117 Å². The monoisotopic (exact) mass is 547 g/mol. The Morgan fingerprint density at radius 2 is 1.78 bits per heavy atom. The molecule has 0 aliphatic rings. The fourth-order valence-corrected chi connectivity index (χ4v) is 3.57. The molecular formula is C22H18IN3O6. The van der Waals surface area contributed by atoms with E-state index in [9.17, 15) is 20.2 Å². The summed E-state index contributed by atoms with van der Waals surface area (Å²) in [6, 6.07) is 14.5. The highest BCUT2D eigenvalue weighted by Gasteiger charge is 2.23. The van der Waals surface area contributed by atoms with Crippen LogP contribution in [-0.4, -0.2) is 22.7 Å². The Labute approximate surface area is 197 Å². The number of non-ortho nitro benzene ring substituents is 1. The predicted molar refractivity (Wildman–Crippen MR) is 129 cm³/mol. The van der Waals surface area contributed by atoms with Crippen molar-refractivity contribution in [2.75, 3.05) is 6.61 Å². The lowest BCUT2D eigenvalue weighted by Gasteiger charge is -2.14. The van der Waals surface area contributed by atoms with Gasteiger partial charge in [0.05, 0.1) is 31.8 Å². The molecule has 0 aliphatic carbocycles. The van der Waals surface area contributed by atoms with Crippen molar-refractivity contribution in [3.63, 3.8) is 0 Å². The van der Waals surface area contributed by atoms with Crippen LogP contribution in [0.1, 0.15) is 18.1 Å². The highest BCUT2D eigenvalue weighted by molar-refractivity contribution is 14.1. The van der Waals surface area contributed by atoms with E-state index >= 15 is 0 Å². The van der Waals surface area contributed by atoms with E-state index in [4.69, 9.17) is 9.47 Å². The van der Waals surface area contributed by atoms with Gasteiger partial charge in [0.25, 0.3) is 5.69 Å². The van der Waals surface area contributed by atoms with E-state index in [2.05, 4.69) is 4.99 Å². The first-order valence-electron chi connectivity index (χ1n) is 9.47. The van der Waals surface area contributed by atoms with E-state index in [-0.39, 0.29) is 11.5 Å². The Kier molecular flexibility index (Phi) is 7.36. The molecule has 0 fully saturated rings. The van der Waals surface area contributed by atoms with Gasteiger partial charge in [-0.15, -0.1) is 0 Å². The minimum absolute atomic E-state index is 0.124. The number of nitro benzene ring substituents is 2. The molecule has 0 aromatic heterocycles. The highest BCUT2D eigenvalue weighted by atomic mass is 127. The van der Waals surface area contributed by atoms with Crippen molar-refractivity contribution < 1.29 is 19.3 Å².